The fourth-order valence-corrected chi connectivity index (χ4v) is 6.18. The number of aliphatic hydroxyl groups is 2. The van der Waals surface area contributed by atoms with Crippen LogP contribution in [-0.4, -0.2) is 64.8 Å². The van der Waals surface area contributed by atoms with Crippen LogP contribution < -0.4 is 11.2 Å². The summed E-state index contributed by atoms with van der Waals surface area (Å²) in [6.07, 6.45) is -6.01. The van der Waals surface area contributed by atoms with Crippen LogP contribution in [0.15, 0.2) is 46.1 Å². The fraction of sp³-hybridized carbons (Fsp3) is 0.474. The lowest BCUT2D eigenvalue weighted by atomic mass is 10.1. The molecule has 0 radical (unpaired) electrons. The summed E-state index contributed by atoms with van der Waals surface area (Å²) in [6, 6.07) is 6.47. The Labute approximate surface area is 201 Å². The van der Waals surface area contributed by atoms with Crippen LogP contribution in [0.25, 0.3) is 0 Å². The third-order valence-electron chi connectivity index (χ3n) is 5.33. The van der Waals surface area contributed by atoms with Gasteiger partial charge in [0.15, 0.2) is 12.1 Å². The standard InChI is InChI=1S/C19H24F2N2O11P2/c1-11-7-22(18(27)23(16(11)26)9-19(20,21)12-5-3-2-4-6-12)17-15(25)14(24)13(34-17)8-33-36(31,32)10-35(28,29)30/h2-7,13-15,17,24-25H,8-10H2,1H3,(H,31,32)(H2,28,29,30)/t13-,14?,15+,17-/m1/s1. The Bertz CT molecular complexity index is 1310. The van der Waals surface area contributed by atoms with Gasteiger partial charge in [-0.15, -0.1) is 0 Å². The van der Waals surface area contributed by atoms with Gasteiger partial charge in [-0.1, -0.05) is 30.3 Å². The van der Waals surface area contributed by atoms with E-state index in [0.29, 0.717) is 4.57 Å². The molecule has 5 atom stereocenters. The highest BCUT2D eigenvalue weighted by Crippen LogP contribution is 2.55. The predicted octanol–water partition coefficient (Wildman–Crippen LogP) is 0.0668. The van der Waals surface area contributed by atoms with Crippen LogP contribution in [0.2, 0.25) is 0 Å². The van der Waals surface area contributed by atoms with Gasteiger partial charge in [0.1, 0.15) is 18.3 Å². The lowest BCUT2D eigenvalue weighted by Crippen LogP contribution is -2.46. The molecular formula is C19H24F2N2O11P2. The largest absolute Gasteiger partial charge is 0.387 e. The lowest BCUT2D eigenvalue weighted by Gasteiger charge is -2.22. The highest BCUT2D eigenvalue weighted by molar-refractivity contribution is 7.70. The van der Waals surface area contributed by atoms with Crippen molar-refractivity contribution in [2.75, 3.05) is 12.5 Å². The van der Waals surface area contributed by atoms with Crippen molar-refractivity contribution >= 4 is 15.2 Å². The molecule has 1 aliphatic heterocycles. The third-order valence-corrected chi connectivity index (χ3v) is 8.79. The number of nitrogens with zero attached hydrogens (tertiary/aromatic N) is 2. The minimum Gasteiger partial charge on any atom is -0.387 e. The van der Waals surface area contributed by atoms with Gasteiger partial charge in [-0.05, 0) is 6.92 Å². The van der Waals surface area contributed by atoms with Crippen LogP contribution in [0.5, 0.6) is 0 Å². The molecule has 36 heavy (non-hydrogen) atoms. The third kappa shape index (κ3) is 6.43. The summed E-state index contributed by atoms with van der Waals surface area (Å²) in [6.45, 7) is -1.01. The van der Waals surface area contributed by atoms with E-state index in [1.807, 2.05) is 0 Å². The summed E-state index contributed by atoms with van der Waals surface area (Å²) in [4.78, 5) is 52.8. The summed E-state index contributed by atoms with van der Waals surface area (Å²) in [5, 5.41) is 20.7. The Kier molecular flexibility index (Phi) is 8.21. The monoisotopic (exact) mass is 556 g/mol. The number of rotatable bonds is 9. The molecule has 1 aliphatic rings. The topological polar surface area (TPSA) is 198 Å². The van der Waals surface area contributed by atoms with Gasteiger partial charge in [0.25, 0.3) is 11.5 Å². The summed E-state index contributed by atoms with van der Waals surface area (Å²) in [5.41, 5.74) is -2.91. The van der Waals surface area contributed by atoms with E-state index in [1.165, 1.54) is 25.1 Å². The molecule has 1 saturated heterocycles. The van der Waals surface area contributed by atoms with Gasteiger partial charge in [0.2, 0.25) is 0 Å². The molecule has 2 unspecified atom stereocenters. The van der Waals surface area contributed by atoms with E-state index >= 15 is 0 Å². The zero-order valence-electron chi connectivity index (χ0n) is 18.6. The average Bonchev–Trinajstić information content (AvgIpc) is 3.05. The van der Waals surface area contributed by atoms with E-state index < -0.39 is 81.5 Å². The molecule has 17 heteroatoms. The molecule has 2 aromatic rings. The zero-order valence-corrected chi connectivity index (χ0v) is 20.4. The minimum atomic E-state index is -4.93. The van der Waals surface area contributed by atoms with Crippen molar-refractivity contribution in [3.05, 3.63) is 68.5 Å². The van der Waals surface area contributed by atoms with E-state index in [2.05, 4.69) is 4.52 Å². The number of ether oxygens (including phenoxy) is 1. The molecule has 3 rings (SSSR count). The zero-order chi connectivity index (χ0) is 27.1. The van der Waals surface area contributed by atoms with Crippen molar-refractivity contribution in [3.8, 4) is 0 Å². The quantitative estimate of drug-likeness (QED) is 0.262. The van der Waals surface area contributed by atoms with Crippen molar-refractivity contribution in [2.24, 2.45) is 0 Å². The Morgan fingerprint density at radius 2 is 1.69 bits per heavy atom. The van der Waals surface area contributed by atoms with Crippen LogP contribution in [-0.2, 0) is 30.9 Å². The highest BCUT2D eigenvalue weighted by Gasteiger charge is 2.46. The molecule has 0 spiro atoms. The van der Waals surface area contributed by atoms with Crippen molar-refractivity contribution in [1.29, 1.82) is 0 Å². The Balaban J connectivity index is 1.88. The first-order chi connectivity index (χ1) is 16.5. The van der Waals surface area contributed by atoms with Gasteiger partial charge < -0.3 is 34.2 Å². The maximum atomic E-state index is 14.8. The van der Waals surface area contributed by atoms with Gasteiger partial charge in [0, 0.05) is 17.3 Å². The van der Waals surface area contributed by atoms with Crippen LogP contribution >= 0.6 is 15.2 Å². The van der Waals surface area contributed by atoms with E-state index in [0.717, 1.165) is 18.3 Å². The molecule has 1 fully saturated rings. The van der Waals surface area contributed by atoms with Crippen LogP contribution in [0.4, 0.5) is 8.78 Å². The Morgan fingerprint density at radius 1 is 1.08 bits per heavy atom. The Hall–Kier alpha value is -2.06. The molecular weight excluding hydrogens is 532 g/mol. The first kappa shape index (κ1) is 28.5. The predicted molar refractivity (Wildman–Crippen MR) is 119 cm³/mol. The molecule has 5 N–H and O–H groups in total. The van der Waals surface area contributed by atoms with Gasteiger partial charge >= 0.3 is 20.9 Å². The van der Waals surface area contributed by atoms with Gasteiger partial charge in [0.05, 0.1) is 13.2 Å². The van der Waals surface area contributed by atoms with Crippen molar-refractivity contribution in [1.82, 2.24) is 9.13 Å². The van der Waals surface area contributed by atoms with Gasteiger partial charge in [-0.2, -0.15) is 8.78 Å². The lowest BCUT2D eigenvalue weighted by molar-refractivity contribution is -0.0555. The second-order valence-corrected chi connectivity index (χ2v) is 12.2. The molecule has 13 nitrogen and oxygen atoms in total. The number of aliphatic hydroxyl groups excluding tert-OH is 2. The summed E-state index contributed by atoms with van der Waals surface area (Å²) >= 11 is 0. The number of aryl methyl sites for hydroxylation is 1. The smallest absolute Gasteiger partial charge is 0.340 e. The van der Waals surface area contributed by atoms with Crippen molar-refractivity contribution < 1.29 is 52.1 Å². The van der Waals surface area contributed by atoms with Crippen LogP contribution in [0, 0.1) is 6.92 Å². The number of alkyl halides is 2. The normalized spacial score (nSPS) is 24.6. The SMILES string of the molecule is Cc1cn([C@@H]2O[C@H](COP(=O)(O)CP(=O)(O)O)C(O)[C@@H]2O)c(=O)n(CC(F)(F)c2ccccc2)c1=O. The van der Waals surface area contributed by atoms with Crippen LogP contribution in [0.1, 0.15) is 17.4 Å². The molecule has 0 bridgehead atoms. The highest BCUT2D eigenvalue weighted by atomic mass is 31.2. The number of halogens is 2. The second-order valence-electron chi connectivity index (χ2n) is 8.25. The molecule has 0 amide bonds. The molecule has 2 heterocycles. The van der Waals surface area contributed by atoms with E-state index in [-0.39, 0.29) is 10.1 Å². The second kappa shape index (κ2) is 10.4. The Morgan fingerprint density at radius 3 is 2.28 bits per heavy atom. The van der Waals surface area contributed by atoms with Gasteiger partial charge in [-0.3, -0.25) is 23.1 Å². The molecule has 0 aliphatic carbocycles. The van der Waals surface area contributed by atoms with E-state index in [4.69, 9.17) is 14.5 Å². The van der Waals surface area contributed by atoms with Crippen molar-refractivity contribution in [2.45, 2.75) is 43.9 Å². The first-order valence-electron chi connectivity index (χ1n) is 10.3. The maximum absolute atomic E-state index is 14.8. The minimum absolute atomic E-state index is 0.162. The number of benzene rings is 1. The first-order valence-corrected chi connectivity index (χ1v) is 13.9. The summed E-state index contributed by atoms with van der Waals surface area (Å²) in [7, 11) is -9.75. The molecule has 200 valence electrons. The molecule has 1 aromatic carbocycles. The number of aromatic nitrogens is 2. The number of hydrogen-bond donors (Lipinski definition) is 5. The van der Waals surface area contributed by atoms with Crippen molar-refractivity contribution in [3.63, 3.8) is 0 Å². The van der Waals surface area contributed by atoms with Gasteiger partial charge in [-0.25, -0.2) is 4.79 Å². The maximum Gasteiger partial charge on any atom is 0.340 e. The number of hydrogen-bond acceptors (Lipinski definition) is 8. The van der Waals surface area contributed by atoms with Crippen LogP contribution in [0.3, 0.4) is 0 Å². The fourth-order valence-electron chi connectivity index (χ4n) is 3.61. The summed E-state index contributed by atoms with van der Waals surface area (Å²) in [5.74, 6) is -5.13. The molecule has 0 saturated carbocycles. The summed E-state index contributed by atoms with van der Waals surface area (Å²) < 4.78 is 63.3. The van der Waals surface area contributed by atoms with E-state index in [9.17, 15) is 42.6 Å². The van der Waals surface area contributed by atoms with E-state index in [1.54, 1.807) is 0 Å². The molecule has 1 aromatic heterocycles. The average molecular weight is 556 g/mol.